The monoisotopic (exact) mass is 200 g/mol. The van der Waals surface area contributed by atoms with Crippen molar-refractivity contribution in [2.75, 3.05) is 0 Å². The third-order valence-electron chi connectivity index (χ3n) is 2.13. The molecule has 0 aromatic carbocycles. The highest BCUT2D eigenvalue weighted by molar-refractivity contribution is 5.10. The summed E-state index contributed by atoms with van der Waals surface area (Å²) in [5.74, 6) is 0. The number of terminal acetylenes is 1. The topological polar surface area (TPSA) is 0 Å². The Labute approximate surface area is 94.1 Å². The first kappa shape index (κ1) is 13.5. The largest absolute Gasteiger partial charge is 0.124 e. The third kappa shape index (κ3) is 8.84. The fourth-order valence-corrected chi connectivity index (χ4v) is 1.29. The van der Waals surface area contributed by atoms with E-state index in [2.05, 4.69) is 62.3 Å². The first-order valence-electron chi connectivity index (χ1n) is 5.35. The van der Waals surface area contributed by atoms with Crippen LogP contribution >= 0.6 is 0 Å². The molecule has 0 saturated heterocycles. The van der Waals surface area contributed by atoms with Gasteiger partial charge in [0.25, 0.3) is 0 Å². The maximum atomic E-state index is 4.00. The van der Waals surface area contributed by atoms with E-state index in [0.717, 1.165) is 12.8 Å². The smallest absolute Gasteiger partial charge is 0.0163 e. The molecule has 0 unspecified atom stereocenters. The van der Waals surface area contributed by atoms with Crippen molar-refractivity contribution in [3.63, 3.8) is 0 Å². The van der Waals surface area contributed by atoms with Gasteiger partial charge in [0.05, 0.1) is 0 Å². The summed E-state index contributed by atoms with van der Waals surface area (Å²) < 4.78 is 0. The Morgan fingerprint density at radius 2 is 1.60 bits per heavy atom. The third-order valence-corrected chi connectivity index (χ3v) is 2.13. The Balaban J connectivity index is 0.000000921. The predicted octanol–water partition coefficient (Wildman–Crippen LogP) is 4.42. The van der Waals surface area contributed by atoms with Crippen molar-refractivity contribution in [3.05, 3.63) is 48.1 Å². The van der Waals surface area contributed by atoms with Gasteiger partial charge in [0, 0.05) is 0 Å². The maximum Gasteiger partial charge on any atom is -0.0163 e. The van der Waals surface area contributed by atoms with Crippen molar-refractivity contribution in [2.24, 2.45) is 0 Å². The fraction of sp³-hybridized carbons (Fsp3) is 0.333. The molecule has 0 radical (unpaired) electrons. The number of allylic oxidation sites excluding steroid dienone is 8. The molecule has 0 N–H and O–H groups in total. The summed E-state index contributed by atoms with van der Waals surface area (Å²) in [5.41, 5.74) is 1.50. The lowest BCUT2D eigenvalue weighted by Crippen LogP contribution is -1.76. The van der Waals surface area contributed by atoms with Gasteiger partial charge in [-0.15, -0.1) is 12.8 Å². The zero-order valence-corrected chi connectivity index (χ0v) is 9.52. The average molecular weight is 200 g/mol. The minimum absolute atomic E-state index is 1.06. The minimum atomic E-state index is 1.06. The molecule has 0 bridgehead atoms. The molecular formula is C15H20. The van der Waals surface area contributed by atoms with Gasteiger partial charge in [-0.25, -0.2) is 0 Å². The van der Waals surface area contributed by atoms with Gasteiger partial charge in [0.1, 0.15) is 0 Å². The highest BCUT2D eigenvalue weighted by atomic mass is 13.9. The number of rotatable bonds is 0. The highest BCUT2D eigenvalue weighted by Crippen LogP contribution is 2.07. The minimum Gasteiger partial charge on any atom is -0.124 e. The van der Waals surface area contributed by atoms with Crippen LogP contribution in [-0.2, 0) is 0 Å². The van der Waals surface area contributed by atoms with E-state index in [-0.39, 0.29) is 0 Å². The Morgan fingerprint density at radius 3 is 2.33 bits per heavy atom. The molecule has 1 rings (SSSR count). The molecule has 0 saturated carbocycles. The molecule has 0 spiro atoms. The van der Waals surface area contributed by atoms with E-state index in [1.807, 2.05) is 0 Å². The Hall–Kier alpha value is -1.48. The highest BCUT2D eigenvalue weighted by Gasteiger charge is 1.86. The summed E-state index contributed by atoms with van der Waals surface area (Å²) in [5, 5.41) is 0. The molecule has 0 heterocycles. The van der Waals surface area contributed by atoms with E-state index in [4.69, 9.17) is 0 Å². The Bertz CT molecular complexity index is 272. The van der Waals surface area contributed by atoms with E-state index < -0.39 is 0 Å². The number of hydrogen-bond donors (Lipinski definition) is 0. The zero-order chi connectivity index (χ0) is 11.4. The second kappa shape index (κ2) is 10.6. The van der Waals surface area contributed by atoms with E-state index in [0.29, 0.717) is 0 Å². The van der Waals surface area contributed by atoms with Gasteiger partial charge in [-0.2, -0.15) is 0 Å². The molecule has 0 amide bonds. The lowest BCUT2D eigenvalue weighted by molar-refractivity contribution is 0.964. The first-order chi connectivity index (χ1) is 7.39. The average Bonchev–Trinajstić information content (AvgIpc) is 2.26. The molecule has 15 heavy (non-hydrogen) atoms. The van der Waals surface area contributed by atoms with Crippen LogP contribution in [0.1, 0.15) is 32.6 Å². The number of hydrogen-bond acceptors (Lipinski definition) is 0. The van der Waals surface area contributed by atoms with E-state index in [1.54, 1.807) is 0 Å². The molecule has 1 aliphatic carbocycles. The molecule has 80 valence electrons. The normalized spacial score (nSPS) is 26.5. The fourth-order valence-electron chi connectivity index (χ4n) is 1.29. The van der Waals surface area contributed by atoms with Gasteiger partial charge in [-0.1, -0.05) is 48.1 Å². The van der Waals surface area contributed by atoms with E-state index >= 15 is 0 Å². The van der Waals surface area contributed by atoms with Crippen LogP contribution in [0.5, 0.6) is 0 Å². The summed E-state index contributed by atoms with van der Waals surface area (Å²) in [6, 6.07) is 0. The lowest BCUT2D eigenvalue weighted by Gasteiger charge is -1.96. The van der Waals surface area contributed by atoms with Crippen molar-refractivity contribution in [1.82, 2.24) is 0 Å². The van der Waals surface area contributed by atoms with E-state index in [1.165, 1.54) is 18.4 Å². The summed E-state index contributed by atoms with van der Waals surface area (Å²) in [7, 11) is 0. The quantitative estimate of drug-likeness (QED) is 0.401. The molecule has 0 atom stereocenters. The van der Waals surface area contributed by atoms with Crippen LogP contribution in [0.25, 0.3) is 0 Å². The van der Waals surface area contributed by atoms with Gasteiger partial charge < -0.3 is 0 Å². The van der Waals surface area contributed by atoms with Crippen LogP contribution in [0.2, 0.25) is 0 Å². The van der Waals surface area contributed by atoms with Crippen LogP contribution < -0.4 is 0 Å². The molecule has 0 nitrogen and oxygen atoms in total. The molecule has 1 aliphatic rings. The zero-order valence-electron chi connectivity index (χ0n) is 9.52. The van der Waals surface area contributed by atoms with Crippen molar-refractivity contribution in [1.29, 1.82) is 0 Å². The first-order valence-corrected chi connectivity index (χ1v) is 5.35. The summed E-state index contributed by atoms with van der Waals surface area (Å²) in [6.07, 6.45) is 28.0. The van der Waals surface area contributed by atoms with Gasteiger partial charge in [0.15, 0.2) is 0 Å². The molecule has 0 aromatic heterocycles. The van der Waals surface area contributed by atoms with Crippen LogP contribution in [0.4, 0.5) is 0 Å². The van der Waals surface area contributed by atoms with Crippen LogP contribution in [-0.4, -0.2) is 0 Å². The van der Waals surface area contributed by atoms with Crippen molar-refractivity contribution >= 4 is 0 Å². The van der Waals surface area contributed by atoms with Crippen LogP contribution in [0, 0.1) is 12.8 Å². The van der Waals surface area contributed by atoms with Crippen LogP contribution in [0.3, 0.4) is 0 Å². The Kier molecular flexibility index (Phi) is 9.55. The molecule has 0 aliphatic heterocycles. The standard InChI is InChI=1S/C13H18.C2H2/c1-13-11-9-7-5-3-2-4-6-8-10-12-13;1-2/h2-3,5-8,11H,4,9-10,12H2,1H3;1-2H/b3-2-,7-5-,8-6-,13-11-;. The van der Waals surface area contributed by atoms with Crippen molar-refractivity contribution < 1.29 is 0 Å². The van der Waals surface area contributed by atoms with Gasteiger partial charge in [-0.05, 0) is 32.6 Å². The lowest BCUT2D eigenvalue weighted by atomic mass is 10.1. The predicted molar refractivity (Wildman–Crippen MR) is 69.5 cm³/mol. The summed E-state index contributed by atoms with van der Waals surface area (Å²) >= 11 is 0. The second-order valence-corrected chi connectivity index (χ2v) is 3.39. The van der Waals surface area contributed by atoms with Gasteiger partial charge >= 0.3 is 0 Å². The molecule has 0 aromatic rings. The summed E-state index contributed by atoms with van der Waals surface area (Å²) in [4.78, 5) is 0. The molecular weight excluding hydrogens is 180 g/mol. The second-order valence-electron chi connectivity index (χ2n) is 3.39. The van der Waals surface area contributed by atoms with Crippen molar-refractivity contribution in [2.45, 2.75) is 32.6 Å². The van der Waals surface area contributed by atoms with Crippen molar-refractivity contribution in [3.8, 4) is 12.8 Å². The summed E-state index contributed by atoms with van der Waals surface area (Å²) in [6.45, 7) is 2.21. The Morgan fingerprint density at radius 1 is 0.933 bits per heavy atom. The van der Waals surface area contributed by atoms with Crippen LogP contribution in [0.15, 0.2) is 48.1 Å². The van der Waals surface area contributed by atoms with E-state index in [9.17, 15) is 0 Å². The maximum absolute atomic E-state index is 4.00. The van der Waals surface area contributed by atoms with Gasteiger partial charge in [-0.3, -0.25) is 0 Å². The molecule has 0 heteroatoms. The SMILES string of the molecule is C#C.C/C1=C/C/C=C\C=C/C/C=C\CC1. The van der Waals surface area contributed by atoms with Gasteiger partial charge in [0.2, 0.25) is 0 Å². The molecule has 0 fully saturated rings.